The highest BCUT2D eigenvalue weighted by Crippen LogP contribution is 2.20. The van der Waals surface area contributed by atoms with Crippen LogP contribution in [-0.4, -0.2) is 12.1 Å². The maximum Gasteiger partial charge on any atom is 0.315 e. The maximum absolute atomic E-state index is 11.3. The first kappa shape index (κ1) is 13.1. The van der Waals surface area contributed by atoms with Crippen molar-refractivity contribution in [2.24, 2.45) is 0 Å². The Kier molecular flexibility index (Phi) is 4.90. The number of rotatable bonds is 3. The monoisotopic (exact) mass is 260 g/mol. The van der Waals surface area contributed by atoms with Crippen LogP contribution < -0.4 is 10.6 Å². The molecule has 0 unspecified atom stereocenters. The molecule has 3 nitrogen and oxygen atoms in total. The molecule has 1 rings (SSSR count). The molecule has 0 fully saturated rings. The van der Waals surface area contributed by atoms with E-state index in [1.54, 1.807) is 18.2 Å². The van der Waals surface area contributed by atoms with Crippen LogP contribution in [0.25, 0.3) is 0 Å². The quantitative estimate of drug-likeness (QED) is 0.861. The number of nitrogens with one attached hydrogen (secondary N) is 2. The van der Waals surface area contributed by atoms with Crippen molar-refractivity contribution in [3.63, 3.8) is 0 Å². The van der Waals surface area contributed by atoms with Gasteiger partial charge in [0.25, 0.3) is 0 Å². The first-order valence-electron chi connectivity index (χ1n) is 4.97. The van der Waals surface area contributed by atoms with Crippen molar-refractivity contribution in [2.75, 3.05) is 0 Å². The first-order valence-corrected chi connectivity index (χ1v) is 5.73. The lowest BCUT2D eigenvalue weighted by molar-refractivity contribution is 0.238. The highest BCUT2D eigenvalue weighted by atomic mass is 35.5. The number of carbonyl (C=O) groups is 1. The molecule has 0 saturated carbocycles. The van der Waals surface area contributed by atoms with Crippen LogP contribution in [0.5, 0.6) is 0 Å². The van der Waals surface area contributed by atoms with E-state index in [4.69, 9.17) is 23.2 Å². The maximum atomic E-state index is 11.3. The normalized spacial score (nSPS) is 10.3. The van der Waals surface area contributed by atoms with Crippen LogP contribution in [0.15, 0.2) is 18.2 Å². The molecule has 16 heavy (non-hydrogen) atoms. The number of hydrogen-bond donors (Lipinski definition) is 2. The second-order valence-corrected chi connectivity index (χ2v) is 4.56. The van der Waals surface area contributed by atoms with Crippen molar-refractivity contribution in [3.05, 3.63) is 33.8 Å². The largest absolute Gasteiger partial charge is 0.336 e. The summed E-state index contributed by atoms with van der Waals surface area (Å²) in [6.45, 7) is 4.18. The Morgan fingerprint density at radius 3 is 2.62 bits per heavy atom. The van der Waals surface area contributed by atoms with Crippen molar-refractivity contribution in [1.29, 1.82) is 0 Å². The Labute approximate surface area is 105 Å². The van der Waals surface area contributed by atoms with E-state index in [1.807, 2.05) is 13.8 Å². The van der Waals surface area contributed by atoms with Gasteiger partial charge in [-0.1, -0.05) is 29.3 Å². The molecule has 0 heterocycles. The molecule has 0 saturated heterocycles. The lowest BCUT2D eigenvalue weighted by Gasteiger charge is -2.10. The predicted molar refractivity (Wildman–Crippen MR) is 67.0 cm³/mol. The van der Waals surface area contributed by atoms with Gasteiger partial charge in [0.1, 0.15) is 0 Å². The number of benzene rings is 1. The minimum atomic E-state index is -0.207. The highest BCUT2D eigenvalue weighted by molar-refractivity contribution is 6.35. The van der Waals surface area contributed by atoms with Gasteiger partial charge in [0, 0.05) is 22.6 Å². The standard InChI is InChI=1S/C11H14Cl2N2O/c1-7(2)15-11(16)14-6-8-3-4-9(12)5-10(8)13/h3-5,7H,6H2,1-2H3,(H2,14,15,16). The molecule has 0 aromatic heterocycles. The van der Waals surface area contributed by atoms with Crippen molar-refractivity contribution in [2.45, 2.75) is 26.4 Å². The molecule has 1 aromatic rings. The Morgan fingerprint density at radius 1 is 1.38 bits per heavy atom. The molecule has 5 heteroatoms. The predicted octanol–water partition coefficient (Wildman–Crippen LogP) is 3.20. The zero-order chi connectivity index (χ0) is 12.1. The molecule has 2 N–H and O–H groups in total. The van der Waals surface area contributed by atoms with Crippen molar-refractivity contribution in [3.8, 4) is 0 Å². The summed E-state index contributed by atoms with van der Waals surface area (Å²) in [5.74, 6) is 0. The molecule has 0 radical (unpaired) electrons. The average molecular weight is 261 g/mol. The van der Waals surface area contributed by atoms with Crippen LogP contribution >= 0.6 is 23.2 Å². The van der Waals surface area contributed by atoms with E-state index in [2.05, 4.69) is 10.6 Å². The van der Waals surface area contributed by atoms with Gasteiger partial charge < -0.3 is 10.6 Å². The van der Waals surface area contributed by atoms with Gasteiger partial charge in [0.2, 0.25) is 0 Å². The lowest BCUT2D eigenvalue weighted by atomic mass is 10.2. The minimum Gasteiger partial charge on any atom is -0.336 e. The SMILES string of the molecule is CC(C)NC(=O)NCc1ccc(Cl)cc1Cl. The third kappa shape index (κ3) is 4.29. The number of hydrogen-bond acceptors (Lipinski definition) is 1. The Balaban J connectivity index is 2.51. The molecule has 1 aromatic carbocycles. The van der Waals surface area contributed by atoms with Crippen molar-refractivity contribution in [1.82, 2.24) is 10.6 Å². The summed E-state index contributed by atoms with van der Waals surface area (Å²) < 4.78 is 0. The van der Waals surface area contributed by atoms with E-state index in [0.29, 0.717) is 16.6 Å². The Morgan fingerprint density at radius 2 is 2.06 bits per heavy atom. The van der Waals surface area contributed by atoms with Gasteiger partial charge in [-0.2, -0.15) is 0 Å². The molecule has 0 aliphatic heterocycles. The van der Waals surface area contributed by atoms with Gasteiger partial charge in [0.05, 0.1) is 0 Å². The van der Waals surface area contributed by atoms with Gasteiger partial charge in [-0.05, 0) is 31.5 Å². The fraction of sp³-hybridized carbons (Fsp3) is 0.364. The van der Waals surface area contributed by atoms with Crippen LogP contribution in [0.2, 0.25) is 10.0 Å². The van der Waals surface area contributed by atoms with Crippen molar-refractivity contribution >= 4 is 29.2 Å². The Bertz CT molecular complexity index is 380. The van der Waals surface area contributed by atoms with Crippen LogP contribution in [0.4, 0.5) is 4.79 Å². The molecule has 0 atom stereocenters. The summed E-state index contributed by atoms with van der Waals surface area (Å²) in [7, 11) is 0. The van der Waals surface area contributed by atoms with Crippen LogP contribution in [0, 0.1) is 0 Å². The van der Waals surface area contributed by atoms with E-state index in [0.717, 1.165) is 5.56 Å². The second kappa shape index (κ2) is 5.97. The molecule has 88 valence electrons. The smallest absolute Gasteiger partial charge is 0.315 e. The number of urea groups is 1. The van der Waals surface area contributed by atoms with Gasteiger partial charge in [-0.3, -0.25) is 0 Å². The summed E-state index contributed by atoms with van der Waals surface area (Å²) in [4.78, 5) is 11.3. The summed E-state index contributed by atoms with van der Waals surface area (Å²) in [6, 6.07) is 5.09. The number of carbonyl (C=O) groups excluding carboxylic acids is 1. The van der Waals surface area contributed by atoms with E-state index in [1.165, 1.54) is 0 Å². The molecule has 0 aliphatic carbocycles. The number of halogens is 2. The fourth-order valence-corrected chi connectivity index (χ4v) is 1.63. The van der Waals surface area contributed by atoms with Gasteiger partial charge in [0.15, 0.2) is 0 Å². The van der Waals surface area contributed by atoms with E-state index < -0.39 is 0 Å². The van der Waals surface area contributed by atoms with Gasteiger partial charge >= 0.3 is 6.03 Å². The Hall–Kier alpha value is -0.930. The summed E-state index contributed by atoms with van der Waals surface area (Å²) in [5, 5.41) is 6.57. The molecule has 2 amide bonds. The van der Waals surface area contributed by atoms with E-state index >= 15 is 0 Å². The zero-order valence-corrected chi connectivity index (χ0v) is 10.7. The van der Waals surface area contributed by atoms with Crippen LogP contribution in [0.1, 0.15) is 19.4 Å². The van der Waals surface area contributed by atoms with E-state index in [9.17, 15) is 4.79 Å². The molecular weight excluding hydrogens is 247 g/mol. The zero-order valence-electron chi connectivity index (χ0n) is 9.18. The average Bonchev–Trinajstić information content (AvgIpc) is 2.15. The molecule has 0 bridgehead atoms. The van der Waals surface area contributed by atoms with E-state index in [-0.39, 0.29) is 12.1 Å². The fourth-order valence-electron chi connectivity index (χ4n) is 1.15. The van der Waals surface area contributed by atoms with Crippen LogP contribution in [-0.2, 0) is 6.54 Å². The minimum absolute atomic E-state index is 0.112. The molecule has 0 spiro atoms. The van der Waals surface area contributed by atoms with Crippen LogP contribution in [0.3, 0.4) is 0 Å². The van der Waals surface area contributed by atoms with Gasteiger partial charge in [-0.25, -0.2) is 4.79 Å². The second-order valence-electron chi connectivity index (χ2n) is 3.72. The molecule has 0 aliphatic rings. The first-order chi connectivity index (χ1) is 7.49. The highest BCUT2D eigenvalue weighted by Gasteiger charge is 2.04. The molecular formula is C11H14Cl2N2O. The lowest BCUT2D eigenvalue weighted by Crippen LogP contribution is -2.39. The number of amides is 2. The summed E-state index contributed by atoms with van der Waals surface area (Å²) in [5.41, 5.74) is 0.838. The topological polar surface area (TPSA) is 41.1 Å². The van der Waals surface area contributed by atoms with Crippen molar-refractivity contribution < 1.29 is 4.79 Å². The summed E-state index contributed by atoms with van der Waals surface area (Å²) in [6.07, 6.45) is 0. The summed E-state index contributed by atoms with van der Waals surface area (Å²) >= 11 is 11.7. The third-order valence-electron chi connectivity index (χ3n) is 1.87. The third-order valence-corrected chi connectivity index (χ3v) is 2.46. The van der Waals surface area contributed by atoms with Gasteiger partial charge in [-0.15, -0.1) is 0 Å².